The number of para-hydroxylation sites is 4. The van der Waals surface area contributed by atoms with E-state index in [1.165, 1.54) is 22.6 Å². The molecule has 6 rings (SSSR count). The van der Waals surface area contributed by atoms with Gasteiger partial charge in [-0.15, -0.1) is 0 Å². The highest BCUT2D eigenvalue weighted by molar-refractivity contribution is 5.86. The molecule has 1 aliphatic rings. The zero-order valence-electron chi connectivity index (χ0n) is 17.0. The summed E-state index contributed by atoms with van der Waals surface area (Å²) in [6.07, 6.45) is -0.0223. The Hall–Kier alpha value is -3.79. The number of aryl methyl sites for hydroxylation is 1. The molecule has 3 heterocycles. The van der Waals surface area contributed by atoms with E-state index < -0.39 is 0 Å². The average Bonchev–Trinajstić information content (AvgIpc) is 3.31. The minimum atomic E-state index is -0.0223. The first-order valence-electron chi connectivity index (χ1n) is 10.3. The van der Waals surface area contributed by atoms with Gasteiger partial charge in [-0.3, -0.25) is 4.57 Å². The zero-order chi connectivity index (χ0) is 20.2. The molecule has 2 aromatic heterocycles. The molecule has 0 saturated carbocycles. The van der Waals surface area contributed by atoms with Gasteiger partial charge in [0.1, 0.15) is 12.0 Å². The van der Waals surface area contributed by atoms with Crippen LogP contribution in [0.15, 0.2) is 84.9 Å². The van der Waals surface area contributed by atoms with Crippen LogP contribution in [0.25, 0.3) is 28.1 Å². The van der Waals surface area contributed by atoms with E-state index in [1.54, 1.807) is 0 Å². The number of fused-ring (bicyclic) bond motifs is 5. The minimum Gasteiger partial charge on any atom is -0.360 e. The van der Waals surface area contributed by atoms with Crippen LogP contribution in [0.2, 0.25) is 0 Å². The lowest BCUT2D eigenvalue weighted by molar-refractivity contribution is 0.663. The number of anilines is 1. The fourth-order valence-corrected chi connectivity index (χ4v) is 4.77. The zero-order valence-corrected chi connectivity index (χ0v) is 17.0. The van der Waals surface area contributed by atoms with Crippen molar-refractivity contribution in [2.45, 2.75) is 20.0 Å². The first-order valence-corrected chi connectivity index (χ1v) is 10.3. The molecular weight excluding hydrogens is 368 g/mol. The largest absolute Gasteiger partial charge is 0.360 e. The summed E-state index contributed by atoms with van der Waals surface area (Å²) in [5.41, 5.74) is 9.33. The maximum absolute atomic E-state index is 5.00. The van der Waals surface area contributed by atoms with Gasteiger partial charge in [-0.1, -0.05) is 42.5 Å². The van der Waals surface area contributed by atoms with Crippen molar-refractivity contribution in [3.05, 3.63) is 102 Å². The Morgan fingerprint density at radius 2 is 1.57 bits per heavy atom. The number of hydrogen-bond donors (Lipinski definition) is 1. The van der Waals surface area contributed by atoms with Crippen molar-refractivity contribution in [2.24, 2.45) is 0 Å². The third kappa shape index (κ3) is 2.37. The maximum atomic E-state index is 5.00. The van der Waals surface area contributed by atoms with Gasteiger partial charge >= 0.3 is 0 Å². The van der Waals surface area contributed by atoms with E-state index in [0.717, 1.165) is 28.1 Å². The number of hydrogen-bond acceptors (Lipinski definition) is 2. The number of nitrogens with zero attached hydrogens (tertiary/aromatic N) is 3. The summed E-state index contributed by atoms with van der Waals surface area (Å²) in [5.74, 6) is 1.01. The van der Waals surface area contributed by atoms with Crippen molar-refractivity contribution in [2.75, 3.05) is 5.32 Å². The highest BCUT2D eigenvalue weighted by Gasteiger charge is 2.30. The Balaban J connectivity index is 1.61. The Kier molecular flexibility index (Phi) is 3.62. The summed E-state index contributed by atoms with van der Waals surface area (Å²) in [5, 5.41) is 3.79. The second-order valence-corrected chi connectivity index (χ2v) is 7.88. The fraction of sp³-hybridized carbons (Fsp3) is 0.115. The van der Waals surface area contributed by atoms with E-state index in [9.17, 15) is 0 Å². The molecule has 4 nitrogen and oxygen atoms in total. The van der Waals surface area contributed by atoms with Gasteiger partial charge in [0.25, 0.3) is 0 Å². The van der Waals surface area contributed by atoms with Crippen LogP contribution in [0.4, 0.5) is 5.69 Å². The molecule has 0 bridgehead atoms. The molecule has 0 unspecified atom stereocenters. The predicted molar refractivity (Wildman–Crippen MR) is 122 cm³/mol. The van der Waals surface area contributed by atoms with Crippen molar-refractivity contribution in [1.29, 1.82) is 0 Å². The second kappa shape index (κ2) is 6.36. The van der Waals surface area contributed by atoms with Crippen LogP contribution in [-0.2, 0) is 0 Å². The van der Waals surface area contributed by atoms with Crippen LogP contribution in [-0.4, -0.2) is 14.1 Å². The number of benzene rings is 3. The average molecular weight is 390 g/mol. The highest BCUT2D eigenvalue weighted by Crippen LogP contribution is 2.41. The minimum absolute atomic E-state index is 0.0223. The van der Waals surface area contributed by atoms with Crippen LogP contribution < -0.4 is 5.32 Å². The monoisotopic (exact) mass is 390 g/mol. The van der Waals surface area contributed by atoms with Gasteiger partial charge in [0.15, 0.2) is 0 Å². The smallest absolute Gasteiger partial charge is 0.145 e. The van der Waals surface area contributed by atoms with Gasteiger partial charge in [-0.25, -0.2) is 4.98 Å². The molecule has 1 atom stereocenters. The fourth-order valence-electron chi connectivity index (χ4n) is 4.77. The SMILES string of the molecule is Cc1cc([C@H]2Nc3ccccc3-c3nc4ccccc4n32)c(C)n1-c1ccccc1. The van der Waals surface area contributed by atoms with Crippen molar-refractivity contribution in [3.8, 4) is 17.1 Å². The van der Waals surface area contributed by atoms with Gasteiger partial charge in [0, 0.05) is 33.9 Å². The number of rotatable bonds is 2. The first-order chi connectivity index (χ1) is 14.7. The molecule has 0 fully saturated rings. The molecule has 1 N–H and O–H groups in total. The van der Waals surface area contributed by atoms with Crippen LogP contribution in [0, 0.1) is 13.8 Å². The van der Waals surface area contributed by atoms with Gasteiger partial charge in [0.2, 0.25) is 0 Å². The molecule has 0 spiro atoms. The molecule has 4 heteroatoms. The van der Waals surface area contributed by atoms with E-state index in [2.05, 4.69) is 113 Å². The third-order valence-electron chi connectivity index (χ3n) is 6.09. The molecule has 3 aromatic carbocycles. The molecule has 1 aliphatic heterocycles. The van der Waals surface area contributed by atoms with Crippen LogP contribution in [0.3, 0.4) is 0 Å². The number of imidazole rings is 1. The summed E-state index contributed by atoms with van der Waals surface area (Å²) < 4.78 is 4.67. The lowest BCUT2D eigenvalue weighted by Crippen LogP contribution is -2.25. The third-order valence-corrected chi connectivity index (χ3v) is 6.09. The summed E-state index contributed by atoms with van der Waals surface area (Å²) in [6, 6.07) is 29.7. The van der Waals surface area contributed by atoms with Gasteiger partial charge < -0.3 is 9.88 Å². The Morgan fingerprint density at radius 3 is 2.43 bits per heavy atom. The summed E-state index contributed by atoms with van der Waals surface area (Å²) in [6.45, 7) is 4.38. The number of nitrogens with one attached hydrogen (secondary N) is 1. The summed E-state index contributed by atoms with van der Waals surface area (Å²) in [7, 11) is 0. The van der Waals surface area contributed by atoms with Crippen molar-refractivity contribution >= 4 is 16.7 Å². The molecule has 5 aromatic rings. The van der Waals surface area contributed by atoms with E-state index in [4.69, 9.17) is 4.98 Å². The molecule has 0 amide bonds. The van der Waals surface area contributed by atoms with Crippen molar-refractivity contribution < 1.29 is 0 Å². The van der Waals surface area contributed by atoms with E-state index in [-0.39, 0.29) is 6.17 Å². The van der Waals surface area contributed by atoms with E-state index >= 15 is 0 Å². The summed E-state index contributed by atoms with van der Waals surface area (Å²) >= 11 is 0. The van der Waals surface area contributed by atoms with Crippen molar-refractivity contribution in [3.63, 3.8) is 0 Å². The number of aromatic nitrogens is 3. The molecule has 0 radical (unpaired) electrons. The van der Waals surface area contributed by atoms with Crippen LogP contribution in [0.1, 0.15) is 23.1 Å². The second-order valence-electron chi connectivity index (χ2n) is 7.88. The predicted octanol–water partition coefficient (Wildman–Crippen LogP) is 6.08. The van der Waals surface area contributed by atoms with Gasteiger partial charge in [-0.2, -0.15) is 0 Å². The summed E-state index contributed by atoms with van der Waals surface area (Å²) in [4.78, 5) is 5.00. The molecule has 30 heavy (non-hydrogen) atoms. The molecule has 0 saturated heterocycles. The van der Waals surface area contributed by atoms with Gasteiger partial charge in [0.05, 0.1) is 11.0 Å². The van der Waals surface area contributed by atoms with Crippen LogP contribution >= 0.6 is 0 Å². The van der Waals surface area contributed by atoms with Crippen molar-refractivity contribution in [1.82, 2.24) is 14.1 Å². The quantitative estimate of drug-likeness (QED) is 0.396. The Bertz CT molecular complexity index is 1390. The maximum Gasteiger partial charge on any atom is 0.145 e. The van der Waals surface area contributed by atoms with E-state index in [0.29, 0.717) is 0 Å². The van der Waals surface area contributed by atoms with Gasteiger partial charge in [-0.05, 0) is 56.3 Å². The molecular formula is C26H22N4. The Morgan fingerprint density at radius 1 is 0.833 bits per heavy atom. The Labute approximate surface area is 175 Å². The standard InChI is InChI=1S/C26H22N4/c1-17-16-21(18(2)29(17)19-10-4-3-5-11-19)26-27-22-13-7-6-12-20(22)25-28-23-14-8-9-15-24(23)30(25)26/h3-16,26-27H,1-2H3/t26-/m0/s1. The normalized spacial score (nSPS) is 14.9. The lowest BCUT2D eigenvalue weighted by atomic mass is 10.1. The lowest BCUT2D eigenvalue weighted by Gasteiger charge is -2.30. The molecule has 0 aliphatic carbocycles. The molecule has 146 valence electrons. The highest BCUT2D eigenvalue weighted by atomic mass is 15.2. The topological polar surface area (TPSA) is 34.8 Å². The van der Waals surface area contributed by atoms with Crippen LogP contribution in [0.5, 0.6) is 0 Å². The first kappa shape index (κ1) is 17.1. The van der Waals surface area contributed by atoms with E-state index in [1.807, 2.05) is 0 Å².